The van der Waals surface area contributed by atoms with Gasteiger partial charge in [0.05, 0.1) is 12.3 Å². The molecule has 2 aromatic rings. The number of benzene rings is 2. The molecule has 164 valence electrons. The van der Waals surface area contributed by atoms with Crippen molar-refractivity contribution in [3.05, 3.63) is 42.5 Å². The minimum Gasteiger partial charge on any atom is -0.381 e. The molecule has 0 bridgehead atoms. The number of unbranched alkanes of at least 4 members (excludes halogenated alkanes) is 1. The number of anilines is 2. The highest BCUT2D eigenvalue weighted by Gasteiger charge is 2.15. The fraction of sp³-hybridized carbons (Fsp3) is 0.500. The summed E-state index contributed by atoms with van der Waals surface area (Å²) in [6.45, 7) is 8.13. The van der Waals surface area contributed by atoms with Gasteiger partial charge in [0.25, 0.3) is 0 Å². The molecule has 1 aliphatic rings. The number of hydrogen-bond donors (Lipinski definition) is 1. The molecular formula is C24H35N3OS2. The van der Waals surface area contributed by atoms with Gasteiger partial charge in [-0.05, 0) is 42.3 Å². The van der Waals surface area contributed by atoms with E-state index in [-0.39, 0.29) is 0 Å². The van der Waals surface area contributed by atoms with Gasteiger partial charge in [0.1, 0.15) is 0 Å². The van der Waals surface area contributed by atoms with Gasteiger partial charge in [0.2, 0.25) is 0 Å². The second-order valence-electron chi connectivity index (χ2n) is 7.46. The molecule has 0 saturated carbocycles. The van der Waals surface area contributed by atoms with Crippen molar-refractivity contribution in [2.24, 2.45) is 0 Å². The first-order valence-electron chi connectivity index (χ1n) is 10.9. The van der Waals surface area contributed by atoms with Crippen molar-refractivity contribution in [2.45, 2.75) is 24.7 Å². The number of nitrogens with one attached hydrogen (secondary N) is 1. The number of ether oxygens (including phenoxy) is 1. The summed E-state index contributed by atoms with van der Waals surface area (Å²) < 4.78 is 7.92. The zero-order chi connectivity index (χ0) is 21.2. The van der Waals surface area contributed by atoms with Crippen LogP contribution >= 0.6 is 23.7 Å². The lowest BCUT2D eigenvalue weighted by Gasteiger charge is -2.31. The monoisotopic (exact) mass is 445 g/mol. The Hall–Kier alpha value is -1.34. The van der Waals surface area contributed by atoms with E-state index in [2.05, 4.69) is 77.2 Å². The minimum atomic E-state index is 0.821. The van der Waals surface area contributed by atoms with Crippen LogP contribution in [0.2, 0.25) is 0 Å². The highest BCUT2D eigenvalue weighted by atomic mass is 32.2. The molecule has 1 aliphatic heterocycles. The zero-order valence-corrected chi connectivity index (χ0v) is 20.2. The van der Waals surface area contributed by atoms with Crippen LogP contribution in [0.1, 0.15) is 19.8 Å². The van der Waals surface area contributed by atoms with Gasteiger partial charge in [0, 0.05) is 68.0 Å². The molecule has 0 spiro atoms. The van der Waals surface area contributed by atoms with Crippen LogP contribution in [0.25, 0.3) is 11.1 Å². The Bertz CT molecular complexity index is 764. The molecule has 1 heterocycles. The molecule has 6 heteroatoms. The van der Waals surface area contributed by atoms with Crippen LogP contribution in [0.4, 0.5) is 11.4 Å². The highest BCUT2D eigenvalue weighted by Crippen LogP contribution is 2.37. The van der Waals surface area contributed by atoms with Crippen molar-refractivity contribution < 1.29 is 4.74 Å². The fourth-order valence-electron chi connectivity index (χ4n) is 3.55. The van der Waals surface area contributed by atoms with Gasteiger partial charge in [-0.15, -0.1) is 11.8 Å². The number of thioether (sulfide) groups is 1. The van der Waals surface area contributed by atoms with Crippen molar-refractivity contribution in [3.8, 4) is 11.1 Å². The van der Waals surface area contributed by atoms with Crippen LogP contribution in [-0.2, 0) is 4.74 Å². The second kappa shape index (κ2) is 12.5. The van der Waals surface area contributed by atoms with Gasteiger partial charge < -0.3 is 19.3 Å². The Labute approximate surface area is 190 Å². The van der Waals surface area contributed by atoms with Gasteiger partial charge >= 0.3 is 0 Å². The largest absolute Gasteiger partial charge is 0.381 e. The summed E-state index contributed by atoms with van der Waals surface area (Å²) in [6, 6.07) is 15.9. The van der Waals surface area contributed by atoms with Crippen LogP contribution in [-0.4, -0.2) is 58.4 Å². The van der Waals surface area contributed by atoms with E-state index in [1.165, 1.54) is 33.8 Å². The molecule has 3 rings (SSSR count). The Balaban J connectivity index is 1.72. The van der Waals surface area contributed by atoms with E-state index in [1.807, 2.05) is 11.8 Å². The van der Waals surface area contributed by atoms with E-state index in [9.17, 15) is 0 Å². The maximum absolute atomic E-state index is 5.68. The molecule has 0 unspecified atom stereocenters. The number of piperazine rings is 1. The zero-order valence-electron chi connectivity index (χ0n) is 18.5. The van der Waals surface area contributed by atoms with Crippen LogP contribution < -0.4 is 14.5 Å². The van der Waals surface area contributed by atoms with E-state index in [0.717, 1.165) is 51.6 Å². The summed E-state index contributed by atoms with van der Waals surface area (Å²) >= 11 is 3.61. The summed E-state index contributed by atoms with van der Waals surface area (Å²) in [5, 5.41) is 3.44. The van der Waals surface area contributed by atoms with Crippen molar-refractivity contribution in [2.75, 3.05) is 67.7 Å². The molecule has 30 heavy (non-hydrogen) atoms. The normalized spacial score (nSPS) is 14.2. The third-order valence-corrected chi connectivity index (χ3v) is 7.10. The molecule has 0 aliphatic carbocycles. The van der Waals surface area contributed by atoms with Gasteiger partial charge in [-0.2, -0.15) is 0 Å². The molecule has 0 aromatic heterocycles. The van der Waals surface area contributed by atoms with E-state index < -0.39 is 0 Å². The summed E-state index contributed by atoms with van der Waals surface area (Å²) in [5.41, 5.74) is 5.13. The second-order valence-corrected chi connectivity index (χ2v) is 9.54. The summed E-state index contributed by atoms with van der Waals surface area (Å²) in [6.07, 6.45) is 4.47. The van der Waals surface area contributed by atoms with Gasteiger partial charge in [-0.25, -0.2) is 0 Å². The van der Waals surface area contributed by atoms with Crippen LogP contribution in [0, 0.1) is 0 Å². The molecule has 4 nitrogen and oxygen atoms in total. The Morgan fingerprint density at radius 2 is 1.83 bits per heavy atom. The topological polar surface area (TPSA) is 27.7 Å². The minimum absolute atomic E-state index is 0.821. The average Bonchev–Trinajstić information content (AvgIpc) is 2.81. The van der Waals surface area contributed by atoms with Crippen molar-refractivity contribution in [1.29, 1.82) is 0 Å². The summed E-state index contributed by atoms with van der Waals surface area (Å²) in [4.78, 5) is 3.78. The number of hydrogen-bond acceptors (Lipinski definition) is 6. The predicted octanol–water partition coefficient (Wildman–Crippen LogP) is 5.39. The molecular weight excluding hydrogens is 410 g/mol. The lowest BCUT2D eigenvalue weighted by atomic mass is 10.0. The first-order valence-corrected chi connectivity index (χ1v) is 13.1. The maximum atomic E-state index is 5.68. The molecule has 0 amide bonds. The maximum Gasteiger partial charge on any atom is 0.0560 e. The molecule has 2 aromatic carbocycles. The fourth-order valence-corrected chi connectivity index (χ4v) is 4.67. The third-order valence-electron chi connectivity index (χ3n) is 5.38. The first-order chi connectivity index (χ1) is 14.7. The number of rotatable bonds is 11. The summed E-state index contributed by atoms with van der Waals surface area (Å²) in [5.74, 6) is 1.00. The SMILES string of the molecule is CCCCOCCSc1ccc(-c2cc(N3CCNCC3)ccc2N(C)SC)cc1. The van der Waals surface area contributed by atoms with Gasteiger partial charge in [0.15, 0.2) is 0 Å². The molecule has 1 N–H and O–H groups in total. The molecule has 1 saturated heterocycles. The van der Waals surface area contributed by atoms with Crippen LogP contribution in [0.5, 0.6) is 0 Å². The van der Waals surface area contributed by atoms with Crippen LogP contribution in [0.3, 0.4) is 0 Å². The lowest BCUT2D eigenvalue weighted by molar-refractivity contribution is 0.147. The lowest BCUT2D eigenvalue weighted by Crippen LogP contribution is -2.43. The standard InChI is InChI=1S/C24H35N3OS2/c1-4-5-16-28-17-18-30-22-9-6-20(7-10-22)23-19-21(27-14-12-25-13-15-27)8-11-24(23)26(2)29-3/h6-11,19,25H,4-5,12-18H2,1-3H3. The van der Waals surface area contributed by atoms with Gasteiger partial charge in [-0.1, -0.05) is 37.4 Å². The highest BCUT2D eigenvalue weighted by molar-refractivity contribution is 8.00. The van der Waals surface area contributed by atoms with Crippen LogP contribution in [0.15, 0.2) is 47.4 Å². The average molecular weight is 446 g/mol. The molecule has 0 radical (unpaired) electrons. The van der Waals surface area contributed by atoms with E-state index >= 15 is 0 Å². The smallest absolute Gasteiger partial charge is 0.0560 e. The summed E-state index contributed by atoms with van der Waals surface area (Å²) in [7, 11) is 2.14. The van der Waals surface area contributed by atoms with E-state index in [0.29, 0.717) is 0 Å². The first kappa shape index (κ1) is 23.3. The number of nitrogens with zero attached hydrogens (tertiary/aromatic N) is 2. The van der Waals surface area contributed by atoms with E-state index in [4.69, 9.17) is 4.74 Å². The Morgan fingerprint density at radius 3 is 2.53 bits per heavy atom. The van der Waals surface area contributed by atoms with E-state index in [1.54, 1.807) is 11.9 Å². The van der Waals surface area contributed by atoms with Crippen molar-refractivity contribution >= 4 is 35.1 Å². The predicted molar refractivity (Wildman–Crippen MR) is 135 cm³/mol. The van der Waals surface area contributed by atoms with Crippen molar-refractivity contribution in [3.63, 3.8) is 0 Å². The van der Waals surface area contributed by atoms with Crippen molar-refractivity contribution in [1.82, 2.24) is 5.32 Å². The Morgan fingerprint density at radius 1 is 1.07 bits per heavy atom. The molecule has 0 atom stereocenters. The Kier molecular flexibility index (Phi) is 9.72. The third kappa shape index (κ3) is 6.58. The molecule has 1 fully saturated rings. The quantitative estimate of drug-likeness (QED) is 0.283. The van der Waals surface area contributed by atoms with Gasteiger partial charge in [-0.3, -0.25) is 0 Å².